The van der Waals surface area contributed by atoms with Gasteiger partial charge in [0.1, 0.15) is 0 Å². The van der Waals surface area contributed by atoms with Gasteiger partial charge in [0.25, 0.3) is 0 Å². The number of hydrogen-bond acceptors (Lipinski definition) is 12. The standard InChI is InChI=1S/2C5H2AtF2N.2C5H4AtN.2C4HAtF2N2.C4H2AtF2N.2C4H3AtN2.C4H4AtN/c6-5-3(7)1-9-2-4(5)8;6-4-3(7)1-2-9-5(4)8;6-5-1-3-7-4-2-5;6-5-2-1-3-7-4-5;5-2-3(6)8-1-9-4(2)7;5-3-2(6)1-8-9-4(3)7;5-3-2(6)1-8-4(3)7;5-4-1-6-3-7-2-4;5-4-1-2-6-7-3-4;5-4-1-2-6-3-4/h2*1-2H;2*1-4H;2*1H;1,8H;2*1-3H;1-3,6H. The number of aromatic amines is 2. The van der Waals surface area contributed by atoms with Gasteiger partial charge in [-0.15, -0.1) is 0 Å². The van der Waals surface area contributed by atoms with E-state index in [9.17, 15) is 43.9 Å². The van der Waals surface area contributed by atoms with Crippen molar-refractivity contribution in [2.45, 2.75) is 0 Å². The van der Waals surface area contributed by atoms with Crippen LogP contribution in [0.1, 0.15) is 0 Å². The molecule has 78 heavy (non-hydrogen) atoms. The number of aromatic nitrogens is 14. The molecule has 0 saturated heterocycles. The van der Waals surface area contributed by atoms with Gasteiger partial charge < -0.3 is 0 Å². The normalized spacial score (nSPS) is 9.28. The maximum absolute atomic E-state index is 12.3. The molecule has 0 spiro atoms. The fourth-order valence-electron chi connectivity index (χ4n) is 3.34. The quantitative estimate of drug-likeness (QED) is 0.127. The van der Waals surface area contributed by atoms with Crippen LogP contribution in [0.15, 0.2) is 148 Å². The van der Waals surface area contributed by atoms with Gasteiger partial charge in [0.05, 0.1) is 0 Å². The molecule has 34 heteroatoms. The average molecular weight is 3040 g/mol. The van der Waals surface area contributed by atoms with Crippen molar-refractivity contribution in [1.29, 1.82) is 0 Å². The summed E-state index contributed by atoms with van der Waals surface area (Å²) in [7, 11) is 0. The van der Waals surface area contributed by atoms with E-state index in [2.05, 4.69) is 76.3 Å². The molecular formula is C44H26At10F10N14. The van der Waals surface area contributed by atoms with Crippen molar-refractivity contribution in [2.75, 3.05) is 0 Å². The molecule has 10 rings (SSSR count). The molecule has 0 fully saturated rings. The summed E-state index contributed by atoms with van der Waals surface area (Å²) in [6.07, 6.45) is 25.6. The van der Waals surface area contributed by atoms with E-state index in [1.165, 1.54) is 19.4 Å². The molecule has 10 aromatic heterocycles. The Morgan fingerprint density at radius 2 is 0.897 bits per heavy atom. The van der Waals surface area contributed by atoms with Crippen LogP contribution in [0.3, 0.4) is 0 Å². The summed E-state index contributed by atoms with van der Waals surface area (Å²) in [5.41, 5.74) is 0. The van der Waals surface area contributed by atoms with Gasteiger partial charge in [-0.25, -0.2) is 0 Å². The Kier molecular flexibility index (Phi) is 44.6. The molecule has 0 aliphatic rings. The van der Waals surface area contributed by atoms with Crippen LogP contribution >= 0.6 is 0 Å². The first-order chi connectivity index (χ1) is 37.0. The molecule has 10 heterocycles. The average Bonchev–Trinajstić information content (AvgIpc) is 4.03. The summed E-state index contributed by atoms with van der Waals surface area (Å²) >= 11 is 13.0. The molecule has 0 aromatic carbocycles. The molecule has 412 valence electrons. The topological polar surface area (TPSA) is 186 Å². The minimum absolute atomic E-state index is 0.0255. The van der Waals surface area contributed by atoms with Gasteiger partial charge in [0.2, 0.25) is 0 Å². The molecule has 0 saturated carbocycles. The van der Waals surface area contributed by atoms with Gasteiger partial charge in [-0.05, 0) is 0 Å². The van der Waals surface area contributed by atoms with E-state index in [1.54, 1.807) is 167 Å². The molecule has 0 aliphatic carbocycles. The van der Waals surface area contributed by atoms with E-state index < -0.39 is 58.8 Å². The zero-order valence-electron chi connectivity index (χ0n) is 37.8. The van der Waals surface area contributed by atoms with E-state index in [4.69, 9.17) is 0 Å². The van der Waals surface area contributed by atoms with Crippen molar-refractivity contribution in [1.82, 2.24) is 70.2 Å². The SMILES string of the molecule is Fc1c[nH]c(F)c1[At].Fc1ccnc(F)c1[At].Fc1cncc(F)c1[At].Fc1cnnc(F)c1[At].Fc1ncnc(F)c1[At].[At]c1cc[nH]c1.[At]c1cccnc1.[At]c1ccncc1.[At]c1ccnnc1.[At]c1cncnc1. The maximum atomic E-state index is 12.3. The summed E-state index contributed by atoms with van der Waals surface area (Å²) in [6, 6.07) is 13.1. The van der Waals surface area contributed by atoms with Crippen molar-refractivity contribution in [2.24, 2.45) is 0 Å². The Hall–Kier alpha value is -0.389. The van der Waals surface area contributed by atoms with Gasteiger partial charge in [0, 0.05) is 0 Å². The zero-order chi connectivity index (χ0) is 58.4. The van der Waals surface area contributed by atoms with E-state index in [-0.39, 0.29) is 16.4 Å². The molecule has 0 unspecified atom stereocenters. The molecule has 0 radical (unpaired) electrons. The van der Waals surface area contributed by atoms with Crippen molar-refractivity contribution in [3.63, 3.8) is 0 Å². The predicted molar refractivity (Wildman–Crippen MR) is 223 cm³/mol. The Morgan fingerprint density at radius 1 is 0.333 bits per heavy atom. The van der Waals surface area contributed by atoms with Crippen molar-refractivity contribution in [3.8, 4) is 0 Å². The first-order valence-corrected chi connectivity index (χ1v) is 34.2. The van der Waals surface area contributed by atoms with Crippen molar-refractivity contribution in [3.05, 3.63) is 207 Å². The summed E-state index contributed by atoms with van der Waals surface area (Å²) in [4.78, 5) is 33.2. The molecule has 0 bridgehead atoms. The van der Waals surface area contributed by atoms with Crippen LogP contribution < -0.4 is 32.7 Å². The second-order valence-electron chi connectivity index (χ2n) is 12.1. The van der Waals surface area contributed by atoms with Gasteiger partial charge in [0.15, 0.2) is 0 Å². The molecular weight excluding hydrogens is 3010 g/mol. The molecule has 0 amide bonds. The fourth-order valence-corrected chi connectivity index (χ4v) is 7.55. The van der Waals surface area contributed by atoms with Crippen LogP contribution in [0.4, 0.5) is 43.9 Å². The second kappa shape index (κ2) is 46.0. The van der Waals surface area contributed by atoms with E-state index in [1.807, 2.05) is 48.9 Å². The van der Waals surface area contributed by atoms with Crippen molar-refractivity contribution >= 4 is 32.7 Å². The number of nitrogens with one attached hydrogen (secondary N) is 2. The third-order valence-corrected chi connectivity index (χ3v) is 17.6. The van der Waals surface area contributed by atoms with Crippen LogP contribution in [0.5, 0.6) is 0 Å². The van der Waals surface area contributed by atoms with Gasteiger partial charge >= 0.3 is 601 Å². The van der Waals surface area contributed by atoms with E-state index in [0.29, 0.717) is 0 Å². The van der Waals surface area contributed by atoms with Gasteiger partial charge in [-0.3, -0.25) is 0 Å². The Morgan fingerprint density at radius 3 is 1.21 bits per heavy atom. The number of halogens is 10. The summed E-state index contributed by atoms with van der Waals surface area (Å²) in [5, 5.41) is 13.3. The summed E-state index contributed by atoms with van der Waals surface area (Å²) < 4.78 is 128. The van der Waals surface area contributed by atoms with Crippen molar-refractivity contribution < 1.29 is 291 Å². The number of H-pyrrole nitrogens is 2. The number of pyridine rings is 4. The Labute approximate surface area is 590 Å². The van der Waals surface area contributed by atoms with Crippen LogP contribution in [0.25, 0.3) is 0 Å². The molecule has 14 nitrogen and oxygen atoms in total. The monoisotopic (exact) mass is 3040 g/mol. The van der Waals surface area contributed by atoms with Crippen LogP contribution in [-0.4, -0.2) is 70.2 Å². The Bertz CT molecular complexity index is 2740. The van der Waals surface area contributed by atoms with Crippen LogP contribution in [0, 0.1) is 306 Å². The third kappa shape index (κ3) is 36.3. The van der Waals surface area contributed by atoms with Gasteiger partial charge in [-0.1, -0.05) is 0 Å². The zero-order valence-corrected chi connectivity index (χ0v) is 67.2. The first-order valence-electron chi connectivity index (χ1n) is 19.5. The summed E-state index contributed by atoms with van der Waals surface area (Å²) in [6.45, 7) is 0. The molecule has 0 atom stereocenters. The molecule has 2 N–H and O–H groups in total. The van der Waals surface area contributed by atoms with Crippen LogP contribution in [0.2, 0.25) is 0 Å². The predicted octanol–water partition coefficient (Wildman–Crippen LogP) is 1.40. The number of nitrogens with zero attached hydrogens (tertiary/aromatic N) is 12. The molecule has 10 aromatic rings. The summed E-state index contributed by atoms with van der Waals surface area (Å²) in [5.74, 6) is -6.49. The number of rotatable bonds is 0. The van der Waals surface area contributed by atoms with E-state index >= 15 is 0 Å². The van der Waals surface area contributed by atoms with E-state index in [0.717, 1.165) is 170 Å². The fraction of sp³-hybridized carbons (Fsp3) is 0. The van der Waals surface area contributed by atoms with Gasteiger partial charge in [-0.2, -0.15) is 0 Å². The first kappa shape index (κ1) is 75.6. The minimum atomic E-state index is -0.827. The third-order valence-electron chi connectivity index (χ3n) is 6.64. The van der Waals surface area contributed by atoms with Crippen LogP contribution in [-0.2, 0) is 0 Å². The molecule has 0 aliphatic heterocycles. The number of hydrogen-bond donors (Lipinski definition) is 2. The Balaban J connectivity index is 0.000000434. The second-order valence-corrected chi connectivity index (χ2v) is 28.0.